The molecule has 3 aromatic rings. The van der Waals surface area contributed by atoms with Gasteiger partial charge >= 0.3 is 0 Å². The van der Waals surface area contributed by atoms with Crippen LogP contribution in [0.25, 0.3) is 16.5 Å². The van der Waals surface area contributed by atoms with Crippen LogP contribution < -0.4 is 4.90 Å². The number of rotatable bonds is 6. The number of anilines is 1. The molecule has 0 radical (unpaired) electrons. The summed E-state index contributed by atoms with van der Waals surface area (Å²) in [7, 11) is 1.91. The minimum absolute atomic E-state index is 0.288. The molecule has 3 aliphatic carbocycles. The number of amidine groups is 1. The number of benzene rings is 2. The van der Waals surface area contributed by atoms with Crippen LogP contribution in [0, 0.1) is 5.41 Å². The highest BCUT2D eigenvalue weighted by atomic mass is 16.3. The van der Waals surface area contributed by atoms with Crippen LogP contribution in [0.4, 0.5) is 5.69 Å². The van der Waals surface area contributed by atoms with Crippen LogP contribution in [0.1, 0.15) is 24.7 Å². The van der Waals surface area contributed by atoms with Gasteiger partial charge < -0.3 is 14.2 Å². The number of nitrogens with zero attached hydrogens (tertiary/aromatic N) is 2. The first-order valence-corrected chi connectivity index (χ1v) is 14.0. The van der Waals surface area contributed by atoms with Gasteiger partial charge in [0, 0.05) is 36.2 Å². The summed E-state index contributed by atoms with van der Waals surface area (Å²) in [6, 6.07) is 17.9. The summed E-state index contributed by atoms with van der Waals surface area (Å²) in [5.74, 6) is 0.813. The lowest BCUT2D eigenvalue weighted by molar-refractivity contribution is 0.549. The maximum Gasteiger partial charge on any atom is 0.170 e. The molecular weight excluding hydrogens is 514 g/mol. The van der Waals surface area contributed by atoms with Gasteiger partial charge in [0.05, 0.1) is 17.1 Å². The SMILES string of the molecule is CC1=CC=C(N(C2=C=CC=CC=C2)C2=CC(c3ccccc3N(C)C(=N)c3cc4ccccc4o3)=CC=C=C2)CC=C1. The molecule has 6 rings (SSSR count). The summed E-state index contributed by atoms with van der Waals surface area (Å²) >= 11 is 0. The maximum atomic E-state index is 9.01. The zero-order chi connectivity index (χ0) is 28.9. The molecule has 2 aromatic carbocycles. The Kier molecular flexibility index (Phi) is 7.57. The second-order valence-electron chi connectivity index (χ2n) is 10.2. The Morgan fingerprint density at radius 3 is 2.69 bits per heavy atom. The molecule has 3 aliphatic rings. The van der Waals surface area contributed by atoms with Crippen LogP contribution in [0.3, 0.4) is 0 Å². The summed E-state index contributed by atoms with van der Waals surface area (Å²) in [5, 5.41) is 9.99. The molecule has 0 fully saturated rings. The average Bonchev–Trinajstić information content (AvgIpc) is 3.22. The predicted octanol–water partition coefficient (Wildman–Crippen LogP) is 9.14. The van der Waals surface area contributed by atoms with Crippen molar-refractivity contribution in [3.05, 3.63) is 179 Å². The molecular formula is C38H31N3O. The predicted molar refractivity (Wildman–Crippen MR) is 174 cm³/mol. The third-order valence-electron chi connectivity index (χ3n) is 7.30. The average molecular weight is 546 g/mol. The quantitative estimate of drug-likeness (QED) is 0.191. The molecule has 0 unspecified atom stereocenters. The van der Waals surface area contributed by atoms with Gasteiger partial charge in [0.25, 0.3) is 0 Å². The van der Waals surface area contributed by atoms with Gasteiger partial charge in [0.2, 0.25) is 0 Å². The van der Waals surface area contributed by atoms with Crippen LogP contribution in [-0.2, 0) is 0 Å². The van der Waals surface area contributed by atoms with E-state index >= 15 is 0 Å². The van der Waals surface area contributed by atoms with Crippen LogP contribution in [-0.4, -0.2) is 17.8 Å². The number of nitrogens with one attached hydrogen (secondary N) is 1. The highest BCUT2D eigenvalue weighted by Crippen LogP contribution is 2.34. The number of furan rings is 1. The third-order valence-corrected chi connectivity index (χ3v) is 7.30. The minimum Gasteiger partial charge on any atom is -0.453 e. The van der Waals surface area contributed by atoms with E-state index < -0.39 is 0 Å². The van der Waals surface area contributed by atoms with E-state index in [-0.39, 0.29) is 5.84 Å². The van der Waals surface area contributed by atoms with E-state index in [1.165, 1.54) is 5.57 Å². The number of hydrogen-bond acceptors (Lipinski definition) is 3. The molecule has 42 heavy (non-hydrogen) atoms. The first-order chi connectivity index (χ1) is 20.6. The summed E-state index contributed by atoms with van der Waals surface area (Å²) in [5.41, 5.74) is 14.7. The summed E-state index contributed by atoms with van der Waals surface area (Å²) < 4.78 is 6.03. The van der Waals surface area contributed by atoms with Gasteiger partial charge in [-0.25, -0.2) is 0 Å². The van der Waals surface area contributed by atoms with Crippen molar-refractivity contribution >= 4 is 28.1 Å². The van der Waals surface area contributed by atoms with Gasteiger partial charge in [-0.3, -0.25) is 5.41 Å². The van der Waals surface area contributed by atoms with E-state index in [1.807, 2.05) is 96.9 Å². The van der Waals surface area contributed by atoms with Crippen molar-refractivity contribution in [1.82, 2.24) is 4.90 Å². The Labute approximate surface area is 246 Å². The second kappa shape index (κ2) is 11.9. The fourth-order valence-electron chi connectivity index (χ4n) is 5.14. The summed E-state index contributed by atoms with van der Waals surface area (Å²) in [6.45, 7) is 2.11. The normalized spacial score (nSPS) is 15.7. The molecule has 1 aromatic heterocycles. The number of allylic oxidation sites excluding steroid dienone is 13. The topological polar surface area (TPSA) is 43.5 Å². The summed E-state index contributed by atoms with van der Waals surface area (Å²) in [6.07, 6.45) is 27.7. The van der Waals surface area contributed by atoms with Crippen molar-refractivity contribution in [2.45, 2.75) is 13.3 Å². The standard InChI is InChI=1S/C38H31N3O/c1-28-14-13-20-32(25-24-28)41(31-17-5-3-4-6-18-31)33-19-9-7-15-29(26-33)34-21-10-11-22-35(34)40(2)38(39)37-27-30-16-8-12-23-36(30)42-37/h3-8,10-17,19,21-27,39H,20H2,1-2H3. The highest BCUT2D eigenvalue weighted by molar-refractivity contribution is 6.09. The third kappa shape index (κ3) is 5.54. The van der Waals surface area contributed by atoms with Gasteiger partial charge in [-0.2, -0.15) is 0 Å². The zero-order valence-corrected chi connectivity index (χ0v) is 23.7. The van der Waals surface area contributed by atoms with E-state index in [2.05, 4.69) is 71.9 Å². The van der Waals surface area contributed by atoms with Gasteiger partial charge in [-0.15, -0.1) is 5.73 Å². The number of fused-ring (bicyclic) bond motifs is 1. The first-order valence-electron chi connectivity index (χ1n) is 14.0. The van der Waals surface area contributed by atoms with Crippen molar-refractivity contribution in [3.63, 3.8) is 0 Å². The molecule has 0 amide bonds. The Morgan fingerprint density at radius 1 is 0.929 bits per heavy atom. The molecule has 0 spiro atoms. The molecule has 4 heteroatoms. The molecule has 1 N–H and O–H groups in total. The van der Waals surface area contributed by atoms with Gasteiger partial charge in [0.15, 0.2) is 11.6 Å². The number of para-hydroxylation sites is 2. The zero-order valence-electron chi connectivity index (χ0n) is 23.7. The van der Waals surface area contributed by atoms with E-state index in [0.717, 1.165) is 51.3 Å². The van der Waals surface area contributed by atoms with Crippen LogP contribution in [0.15, 0.2) is 172 Å². The fraction of sp³-hybridized carbons (Fsp3) is 0.0789. The lowest BCUT2D eigenvalue weighted by Crippen LogP contribution is -2.26. The molecule has 4 nitrogen and oxygen atoms in total. The van der Waals surface area contributed by atoms with E-state index in [0.29, 0.717) is 5.76 Å². The first kappa shape index (κ1) is 26.7. The Balaban J connectivity index is 1.41. The number of hydrogen-bond donors (Lipinski definition) is 1. The molecule has 0 atom stereocenters. The molecule has 204 valence electrons. The van der Waals surface area contributed by atoms with E-state index in [9.17, 15) is 0 Å². The lowest BCUT2D eigenvalue weighted by atomic mass is 10.0. The molecule has 0 bridgehead atoms. The molecule has 1 heterocycles. The monoisotopic (exact) mass is 545 g/mol. The fourth-order valence-corrected chi connectivity index (χ4v) is 5.14. The molecule has 0 saturated carbocycles. The molecule has 0 saturated heterocycles. The van der Waals surface area contributed by atoms with Crippen LogP contribution in [0.2, 0.25) is 0 Å². The van der Waals surface area contributed by atoms with Gasteiger partial charge in [-0.1, -0.05) is 84.2 Å². The Hall–Kier alpha value is -5.53. The van der Waals surface area contributed by atoms with Gasteiger partial charge in [-0.05, 0) is 67.2 Å². The van der Waals surface area contributed by atoms with Crippen molar-refractivity contribution in [1.29, 1.82) is 5.41 Å². The Bertz CT molecular complexity index is 1890. The lowest BCUT2D eigenvalue weighted by Gasteiger charge is -2.28. The highest BCUT2D eigenvalue weighted by Gasteiger charge is 2.21. The van der Waals surface area contributed by atoms with Crippen LogP contribution >= 0.6 is 0 Å². The van der Waals surface area contributed by atoms with Crippen LogP contribution in [0.5, 0.6) is 0 Å². The van der Waals surface area contributed by atoms with Crippen molar-refractivity contribution < 1.29 is 4.42 Å². The second-order valence-corrected chi connectivity index (χ2v) is 10.2. The maximum absolute atomic E-state index is 9.01. The minimum atomic E-state index is 0.288. The van der Waals surface area contributed by atoms with E-state index in [4.69, 9.17) is 9.83 Å². The molecule has 0 aliphatic heterocycles. The van der Waals surface area contributed by atoms with E-state index in [1.54, 1.807) is 0 Å². The van der Waals surface area contributed by atoms with Crippen molar-refractivity contribution in [3.8, 4) is 0 Å². The van der Waals surface area contributed by atoms with Crippen molar-refractivity contribution in [2.24, 2.45) is 0 Å². The largest absolute Gasteiger partial charge is 0.453 e. The Morgan fingerprint density at radius 2 is 1.79 bits per heavy atom. The smallest absolute Gasteiger partial charge is 0.170 e. The van der Waals surface area contributed by atoms with Gasteiger partial charge in [0.1, 0.15) is 5.58 Å². The summed E-state index contributed by atoms with van der Waals surface area (Å²) in [4.78, 5) is 4.11. The van der Waals surface area contributed by atoms with Crippen molar-refractivity contribution in [2.75, 3.05) is 11.9 Å².